The molecule has 0 unspecified atom stereocenters. The second-order valence-electron chi connectivity index (χ2n) is 5.69. The Morgan fingerprint density at radius 2 is 2.23 bits per heavy atom. The van der Waals surface area contributed by atoms with Gasteiger partial charge in [-0.1, -0.05) is 31.7 Å². The lowest BCUT2D eigenvalue weighted by Crippen LogP contribution is -2.34. The first-order valence-electron chi connectivity index (χ1n) is 7.31. The SMILES string of the molecule is CC(C)C[C@H](NC(=O)[C@@H](C)Sc1nncn1C)c1cccs1. The minimum absolute atomic E-state index is 0.0343. The molecule has 22 heavy (non-hydrogen) atoms. The molecule has 0 aliphatic carbocycles. The molecule has 0 bridgehead atoms. The number of carbonyl (C=O) groups excluding carboxylic acids is 1. The highest BCUT2D eigenvalue weighted by atomic mass is 32.2. The van der Waals surface area contributed by atoms with Crippen LogP contribution in [0.2, 0.25) is 0 Å². The molecule has 2 aromatic rings. The van der Waals surface area contributed by atoms with Crippen molar-refractivity contribution in [2.45, 2.75) is 43.6 Å². The summed E-state index contributed by atoms with van der Waals surface area (Å²) in [6.07, 6.45) is 2.58. The normalized spacial score (nSPS) is 14.0. The van der Waals surface area contributed by atoms with Crippen molar-refractivity contribution in [3.63, 3.8) is 0 Å². The van der Waals surface area contributed by atoms with Crippen LogP contribution in [0.25, 0.3) is 0 Å². The monoisotopic (exact) mass is 338 g/mol. The first kappa shape index (κ1) is 17.0. The number of aryl methyl sites for hydroxylation is 1. The van der Waals surface area contributed by atoms with Crippen molar-refractivity contribution in [2.75, 3.05) is 0 Å². The smallest absolute Gasteiger partial charge is 0.233 e. The summed E-state index contributed by atoms with van der Waals surface area (Å²) >= 11 is 3.11. The second kappa shape index (κ2) is 7.78. The fourth-order valence-corrected chi connectivity index (χ4v) is 3.68. The van der Waals surface area contributed by atoms with E-state index in [9.17, 15) is 4.79 Å². The van der Waals surface area contributed by atoms with Crippen LogP contribution in [0.3, 0.4) is 0 Å². The standard InChI is InChI=1S/C15H22N4OS2/c1-10(2)8-12(13-6-5-7-21-13)17-14(20)11(3)22-15-18-16-9-19(15)4/h5-7,9-12H,8H2,1-4H3,(H,17,20)/t11-,12+/m1/s1. The van der Waals surface area contributed by atoms with Gasteiger partial charge in [0.2, 0.25) is 5.91 Å². The van der Waals surface area contributed by atoms with Gasteiger partial charge in [-0.2, -0.15) is 0 Å². The van der Waals surface area contributed by atoms with E-state index >= 15 is 0 Å². The van der Waals surface area contributed by atoms with E-state index < -0.39 is 0 Å². The van der Waals surface area contributed by atoms with Crippen LogP contribution >= 0.6 is 23.1 Å². The Labute approximate surface area is 139 Å². The predicted octanol–water partition coefficient (Wildman–Crippen LogP) is 3.26. The van der Waals surface area contributed by atoms with E-state index in [1.54, 1.807) is 17.7 Å². The maximum Gasteiger partial charge on any atom is 0.233 e. The van der Waals surface area contributed by atoms with E-state index in [4.69, 9.17) is 0 Å². The number of carbonyl (C=O) groups is 1. The maximum atomic E-state index is 12.5. The number of hydrogen-bond acceptors (Lipinski definition) is 5. The molecule has 7 heteroatoms. The van der Waals surface area contributed by atoms with Crippen LogP contribution in [-0.2, 0) is 11.8 Å². The zero-order valence-corrected chi connectivity index (χ0v) is 14.9. The van der Waals surface area contributed by atoms with Gasteiger partial charge in [-0.3, -0.25) is 4.79 Å². The molecule has 120 valence electrons. The highest BCUT2D eigenvalue weighted by molar-refractivity contribution is 8.00. The van der Waals surface area contributed by atoms with E-state index in [1.807, 2.05) is 30.0 Å². The second-order valence-corrected chi connectivity index (χ2v) is 7.98. The number of rotatable bonds is 7. The van der Waals surface area contributed by atoms with Crippen molar-refractivity contribution < 1.29 is 4.79 Å². The third-order valence-electron chi connectivity index (χ3n) is 3.23. The molecule has 0 saturated heterocycles. The fourth-order valence-electron chi connectivity index (χ4n) is 2.09. The van der Waals surface area contributed by atoms with Crippen LogP contribution in [0.1, 0.15) is 38.1 Å². The van der Waals surface area contributed by atoms with Gasteiger partial charge in [0.05, 0.1) is 11.3 Å². The minimum atomic E-state index is -0.211. The van der Waals surface area contributed by atoms with Crippen LogP contribution in [-0.4, -0.2) is 25.9 Å². The van der Waals surface area contributed by atoms with Gasteiger partial charge in [0.15, 0.2) is 5.16 Å². The fraction of sp³-hybridized carbons (Fsp3) is 0.533. The van der Waals surface area contributed by atoms with Crippen LogP contribution in [0.15, 0.2) is 29.0 Å². The zero-order chi connectivity index (χ0) is 16.1. The molecule has 2 heterocycles. The Balaban J connectivity index is 1.99. The summed E-state index contributed by atoms with van der Waals surface area (Å²) in [6, 6.07) is 4.19. The number of nitrogens with one attached hydrogen (secondary N) is 1. The summed E-state index contributed by atoms with van der Waals surface area (Å²) in [5.41, 5.74) is 0. The van der Waals surface area contributed by atoms with Gasteiger partial charge in [0.1, 0.15) is 6.33 Å². The lowest BCUT2D eigenvalue weighted by atomic mass is 10.0. The summed E-state index contributed by atoms with van der Waals surface area (Å²) < 4.78 is 1.82. The molecule has 0 aliphatic heterocycles. The maximum absolute atomic E-state index is 12.5. The van der Waals surface area contributed by atoms with Gasteiger partial charge in [-0.25, -0.2) is 0 Å². The van der Waals surface area contributed by atoms with Crippen molar-refractivity contribution in [1.82, 2.24) is 20.1 Å². The molecule has 2 atom stereocenters. The summed E-state index contributed by atoms with van der Waals surface area (Å²) in [7, 11) is 1.88. The summed E-state index contributed by atoms with van der Waals surface area (Å²) in [6.45, 7) is 6.24. The Kier molecular flexibility index (Phi) is 6.02. The van der Waals surface area contributed by atoms with Gasteiger partial charge in [0.25, 0.3) is 0 Å². The number of hydrogen-bond donors (Lipinski definition) is 1. The number of amides is 1. The molecular formula is C15H22N4OS2. The third kappa shape index (κ3) is 4.58. The van der Waals surface area contributed by atoms with Gasteiger partial charge >= 0.3 is 0 Å². The predicted molar refractivity (Wildman–Crippen MR) is 91.0 cm³/mol. The highest BCUT2D eigenvalue weighted by Gasteiger charge is 2.22. The number of nitrogens with zero attached hydrogens (tertiary/aromatic N) is 3. The van der Waals surface area contributed by atoms with Crippen molar-refractivity contribution in [1.29, 1.82) is 0 Å². The topological polar surface area (TPSA) is 59.8 Å². The van der Waals surface area contributed by atoms with Crippen LogP contribution < -0.4 is 5.32 Å². The van der Waals surface area contributed by atoms with Gasteiger partial charge in [-0.05, 0) is 30.7 Å². The molecule has 1 amide bonds. The van der Waals surface area contributed by atoms with Crippen molar-refractivity contribution in [2.24, 2.45) is 13.0 Å². The summed E-state index contributed by atoms with van der Waals surface area (Å²) in [5.74, 6) is 0.557. The van der Waals surface area contributed by atoms with Crippen molar-refractivity contribution in [3.8, 4) is 0 Å². The van der Waals surface area contributed by atoms with Gasteiger partial charge in [0, 0.05) is 11.9 Å². The lowest BCUT2D eigenvalue weighted by molar-refractivity contribution is -0.121. The Morgan fingerprint density at radius 1 is 1.45 bits per heavy atom. The van der Waals surface area contributed by atoms with Gasteiger partial charge < -0.3 is 9.88 Å². The molecule has 2 rings (SSSR count). The molecule has 0 radical (unpaired) electrons. The van der Waals surface area contributed by atoms with Crippen molar-refractivity contribution >= 4 is 29.0 Å². The van der Waals surface area contributed by atoms with E-state index in [2.05, 4.69) is 35.4 Å². The van der Waals surface area contributed by atoms with Crippen molar-refractivity contribution in [3.05, 3.63) is 28.7 Å². The summed E-state index contributed by atoms with van der Waals surface area (Å²) in [4.78, 5) is 13.7. The van der Waals surface area contributed by atoms with Crippen LogP contribution in [0.4, 0.5) is 0 Å². The Morgan fingerprint density at radius 3 is 2.77 bits per heavy atom. The van der Waals surface area contributed by atoms with Crippen LogP contribution in [0, 0.1) is 5.92 Å². The molecule has 0 saturated carbocycles. The van der Waals surface area contributed by atoms with E-state index in [0.29, 0.717) is 5.92 Å². The number of aromatic nitrogens is 3. The third-order valence-corrected chi connectivity index (χ3v) is 5.37. The molecule has 1 N–H and O–H groups in total. The molecule has 0 aromatic carbocycles. The molecule has 5 nitrogen and oxygen atoms in total. The largest absolute Gasteiger partial charge is 0.348 e. The average Bonchev–Trinajstić information content (AvgIpc) is 3.10. The first-order valence-corrected chi connectivity index (χ1v) is 9.07. The molecule has 2 aromatic heterocycles. The Bertz CT molecular complexity index is 594. The highest BCUT2D eigenvalue weighted by Crippen LogP contribution is 2.27. The molecule has 0 spiro atoms. The first-order chi connectivity index (χ1) is 10.5. The Hall–Kier alpha value is -1.34. The van der Waals surface area contributed by atoms with E-state index in [0.717, 1.165) is 11.6 Å². The van der Waals surface area contributed by atoms with Gasteiger partial charge in [-0.15, -0.1) is 21.5 Å². The zero-order valence-electron chi connectivity index (χ0n) is 13.3. The van der Waals surface area contributed by atoms with E-state index in [1.165, 1.54) is 16.6 Å². The molecular weight excluding hydrogens is 316 g/mol. The van der Waals surface area contributed by atoms with E-state index in [-0.39, 0.29) is 17.2 Å². The molecule has 0 aliphatic rings. The molecule has 0 fully saturated rings. The summed E-state index contributed by atoms with van der Waals surface area (Å²) in [5, 5.41) is 13.6. The lowest BCUT2D eigenvalue weighted by Gasteiger charge is -2.21. The minimum Gasteiger partial charge on any atom is -0.348 e. The quantitative estimate of drug-likeness (QED) is 0.787. The average molecular weight is 339 g/mol. The number of thioether (sulfide) groups is 1. The number of thiophene rings is 1. The van der Waals surface area contributed by atoms with Crippen LogP contribution in [0.5, 0.6) is 0 Å².